The number of rotatable bonds is 3. The van der Waals surface area contributed by atoms with Crippen molar-refractivity contribution in [2.45, 2.75) is 51.7 Å². The summed E-state index contributed by atoms with van der Waals surface area (Å²) in [5.41, 5.74) is -0.875. The van der Waals surface area contributed by atoms with Crippen LogP contribution in [0.25, 0.3) is 0 Å². The summed E-state index contributed by atoms with van der Waals surface area (Å²) in [5.74, 6) is 0.101. The molecular weight excluding hydrogens is 345 g/mol. The van der Waals surface area contributed by atoms with E-state index >= 15 is 0 Å². The number of hydrogen-bond donors (Lipinski definition) is 1. The summed E-state index contributed by atoms with van der Waals surface area (Å²) in [6.07, 6.45) is 0.405. The van der Waals surface area contributed by atoms with E-state index in [1.165, 1.54) is 6.33 Å². The Morgan fingerprint density at radius 3 is 2.54 bits per heavy atom. The number of anilines is 2. The molecule has 2 unspecified atom stereocenters. The lowest BCUT2D eigenvalue weighted by atomic mass is 9.73. The first-order valence-corrected chi connectivity index (χ1v) is 9.23. The van der Waals surface area contributed by atoms with Gasteiger partial charge in [-0.15, -0.1) is 0 Å². The summed E-state index contributed by atoms with van der Waals surface area (Å²) < 4.78 is 39.8. The summed E-state index contributed by atoms with van der Waals surface area (Å²) in [4.78, 5) is 12.7. The van der Waals surface area contributed by atoms with Crippen LogP contribution in [0.3, 0.4) is 0 Å². The second-order valence-corrected chi connectivity index (χ2v) is 8.05. The van der Waals surface area contributed by atoms with Crippen molar-refractivity contribution in [1.29, 1.82) is 0 Å². The lowest BCUT2D eigenvalue weighted by Gasteiger charge is -2.45. The minimum atomic E-state index is -4.17. The number of halogens is 3. The predicted molar refractivity (Wildman–Crippen MR) is 94.3 cm³/mol. The zero-order valence-corrected chi connectivity index (χ0v) is 15.3. The maximum Gasteiger partial charge on any atom is 0.392 e. The van der Waals surface area contributed by atoms with E-state index in [2.05, 4.69) is 14.9 Å². The number of nitrogens with zero attached hydrogens (tertiary/aromatic N) is 4. The minimum Gasteiger partial charge on any atom is -0.394 e. The molecule has 1 aromatic rings. The van der Waals surface area contributed by atoms with Crippen LogP contribution in [0.1, 0.15) is 39.5 Å². The molecule has 8 heteroatoms. The molecule has 2 saturated heterocycles. The quantitative estimate of drug-likeness (QED) is 0.883. The maximum absolute atomic E-state index is 13.3. The first-order chi connectivity index (χ1) is 12.2. The number of aromatic nitrogens is 2. The number of aliphatic hydroxyl groups is 1. The van der Waals surface area contributed by atoms with E-state index in [0.29, 0.717) is 18.9 Å². The molecule has 3 rings (SSSR count). The van der Waals surface area contributed by atoms with Gasteiger partial charge in [-0.25, -0.2) is 9.97 Å². The van der Waals surface area contributed by atoms with Crippen molar-refractivity contribution >= 4 is 11.6 Å². The molecule has 0 amide bonds. The maximum atomic E-state index is 13.3. The third kappa shape index (κ3) is 3.89. The molecule has 2 fully saturated rings. The molecule has 146 valence electrons. The van der Waals surface area contributed by atoms with Gasteiger partial charge in [0.1, 0.15) is 18.0 Å². The van der Waals surface area contributed by atoms with Crippen LogP contribution in [0.2, 0.25) is 0 Å². The lowest BCUT2D eigenvalue weighted by molar-refractivity contribution is -0.206. The SMILES string of the molecule is CC1(C)CN(c2cc(N3CCCCC3CO)ncn2)CCC1C(F)(F)F. The molecule has 26 heavy (non-hydrogen) atoms. The van der Waals surface area contributed by atoms with Gasteiger partial charge in [0, 0.05) is 25.7 Å². The van der Waals surface area contributed by atoms with Gasteiger partial charge in [-0.2, -0.15) is 13.2 Å². The monoisotopic (exact) mass is 372 g/mol. The molecule has 1 N–H and O–H groups in total. The average Bonchev–Trinajstić information content (AvgIpc) is 2.59. The van der Waals surface area contributed by atoms with Gasteiger partial charge in [-0.3, -0.25) is 0 Å². The highest BCUT2D eigenvalue weighted by Crippen LogP contribution is 2.45. The summed E-state index contributed by atoms with van der Waals surface area (Å²) in [7, 11) is 0. The molecule has 0 bridgehead atoms. The topological polar surface area (TPSA) is 52.5 Å². The van der Waals surface area contributed by atoms with E-state index in [1.807, 2.05) is 11.0 Å². The zero-order valence-electron chi connectivity index (χ0n) is 15.3. The number of alkyl halides is 3. The fraction of sp³-hybridized carbons (Fsp3) is 0.778. The average molecular weight is 372 g/mol. The molecule has 5 nitrogen and oxygen atoms in total. The van der Waals surface area contributed by atoms with Crippen LogP contribution in [0.5, 0.6) is 0 Å². The first kappa shape index (κ1) is 19.2. The molecule has 0 radical (unpaired) electrons. The van der Waals surface area contributed by atoms with Crippen LogP contribution in [-0.2, 0) is 0 Å². The summed E-state index contributed by atoms with van der Waals surface area (Å²) in [6, 6.07) is 1.89. The summed E-state index contributed by atoms with van der Waals surface area (Å²) in [5, 5.41) is 9.61. The van der Waals surface area contributed by atoms with Crippen LogP contribution in [-0.4, -0.2) is 53.5 Å². The molecule has 0 aliphatic carbocycles. The Morgan fingerprint density at radius 2 is 1.88 bits per heavy atom. The Labute approximate surface area is 152 Å². The van der Waals surface area contributed by atoms with Gasteiger partial charge in [0.05, 0.1) is 18.6 Å². The Morgan fingerprint density at radius 1 is 1.15 bits per heavy atom. The number of piperidine rings is 2. The molecule has 2 aliphatic rings. The highest BCUT2D eigenvalue weighted by molar-refractivity contribution is 5.51. The van der Waals surface area contributed by atoms with Crippen LogP contribution < -0.4 is 9.80 Å². The van der Waals surface area contributed by atoms with Crippen LogP contribution in [0.4, 0.5) is 24.8 Å². The van der Waals surface area contributed by atoms with E-state index < -0.39 is 17.5 Å². The van der Waals surface area contributed by atoms with Crippen molar-refractivity contribution in [1.82, 2.24) is 9.97 Å². The van der Waals surface area contributed by atoms with Gasteiger partial charge in [0.15, 0.2) is 0 Å². The molecule has 0 saturated carbocycles. The Hall–Kier alpha value is -1.57. The second kappa shape index (κ2) is 7.21. The molecule has 2 atom stereocenters. The van der Waals surface area contributed by atoms with Crippen molar-refractivity contribution in [3.63, 3.8) is 0 Å². The third-order valence-electron chi connectivity index (χ3n) is 5.72. The fourth-order valence-electron chi connectivity index (χ4n) is 4.32. The van der Waals surface area contributed by atoms with E-state index in [-0.39, 0.29) is 19.1 Å². The van der Waals surface area contributed by atoms with E-state index in [9.17, 15) is 18.3 Å². The molecular formula is C18H27F3N4O. The van der Waals surface area contributed by atoms with Gasteiger partial charge < -0.3 is 14.9 Å². The highest BCUT2D eigenvalue weighted by Gasteiger charge is 2.51. The lowest BCUT2D eigenvalue weighted by Crippen LogP contribution is -2.51. The standard InChI is InChI=1S/C18H27F3N4O/c1-17(2)11-24(8-6-14(17)18(19,20)21)15-9-16(23-12-22-15)25-7-4-3-5-13(25)10-26/h9,12-14,26H,3-8,10-11H2,1-2H3. The largest absolute Gasteiger partial charge is 0.394 e. The van der Waals surface area contributed by atoms with Gasteiger partial charge in [0.2, 0.25) is 0 Å². The minimum absolute atomic E-state index is 0.0407. The Balaban J connectivity index is 1.79. The number of aliphatic hydroxyl groups excluding tert-OH is 1. The van der Waals surface area contributed by atoms with Crippen molar-refractivity contribution in [3.05, 3.63) is 12.4 Å². The number of hydrogen-bond acceptors (Lipinski definition) is 5. The summed E-state index contributed by atoms with van der Waals surface area (Å²) in [6.45, 7) is 4.87. The normalized spacial score (nSPS) is 26.8. The van der Waals surface area contributed by atoms with Crippen molar-refractivity contribution < 1.29 is 18.3 Å². The highest BCUT2D eigenvalue weighted by atomic mass is 19.4. The third-order valence-corrected chi connectivity index (χ3v) is 5.72. The van der Waals surface area contributed by atoms with Crippen molar-refractivity contribution in [2.24, 2.45) is 11.3 Å². The smallest absolute Gasteiger partial charge is 0.392 e. The van der Waals surface area contributed by atoms with E-state index in [0.717, 1.165) is 31.6 Å². The Bertz CT molecular complexity index is 623. The Kier molecular flexibility index (Phi) is 5.33. The molecule has 3 heterocycles. The molecule has 1 aromatic heterocycles. The van der Waals surface area contributed by atoms with Gasteiger partial charge in [-0.05, 0) is 31.1 Å². The second-order valence-electron chi connectivity index (χ2n) is 8.05. The van der Waals surface area contributed by atoms with Crippen molar-refractivity contribution in [3.8, 4) is 0 Å². The van der Waals surface area contributed by atoms with Crippen LogP contribution >= 0.6 is 0 Å². The summed E-state index contributed by atoms with van der Waals surface area (Å²) >= 11 is 0. The van der Waals surface area contributed by atoms with E-state index in [1.54, 1.807) is 13.8 Å². The van der Waals surface area contributed by atoms with Crippen LogP contribution in [0.15, 0.2) is 12.4 Å². The van der Waals surface area contributed by atoms with Crippen LogP contribution in [0, 0.1) is 11.3 Å². The van der Waals surface area contributed by atoms with Crippen molar-refractivity contribution in [2.75, 3.05) is 36.0 Å². The fourth-order valence-corrected chi connectivity index (χ4v) is 4.32. The van der Waals surface area contributed by atoms with Gasteiger partial charge >= 0.3 is 6.18 Å². The molecule has 0 spiro atoms. The molecule has 0 aromatic carbocycles. The van der Waals surface area contributed by atoms with E-state index in [4.69, 9.17) is 0 Å². The predicted octanol–water partition coefficient (Wildman–Crippen LogP) is 3.24. The zero-order chi connectivity index (χ0) is 18.9. The van der Waals surface area contributed by atoms with Gasteiger partial charge in [-0.1, -0.05) is 13.8 Å². The van der Waals surface area contributed by atoms with Gasteiger partial charge in [0.25, 0.3) is 0 Å². The molecule has 2 aliphatic heterocycles. The first-order valence-electron chi connectivity index (χ1n) is 9.23.